The van der Waals surface area contributed by atoms with E-state index in [4.69, 9.17) is 12.2 Å². The third kappa shape index (κ3) is 2.56. The van der Waals surface area contributed by atoms with E-state index in [1.54, 1.807) is 11.8 Å². The predicted octanol–water partition coefficient (Wildman–Crippen LogP) is 3.29. The Morgan fingerprint density at radius 3 is 2.64 bits per heavy atom. The van der Waals surface area contributed by atoms with Crippen molar-refractivity contribution >= 4 is 55.8 Å². The van der Waals surface area contributed by atoms with Gasteiger partial charge in [-0.3, -0.25) is 0 Å². The maximum atomic E-state index is 4.96. The van der Waals surface area contributed by atoms with Gasteiger partial charge in [0.25, 0.3) is 0 Å². The first kappa shape index (κ1) is 10.1. The Balaban J connectivity index is 2.08. The zero-order chi connectivity index (χ0) is 9.97. The van der Waals surface area contributed by atoms with Crippen LogP contribution in [0.25, 0.3) is 0 Å². The Labute approximate surface area is 100 Å². The minimum Gasteiger partial charge on any atom is -0.343 e. The number of nitrogens with one attached hydrogen (secondary N) is 1. The highest BCUT2D eigenvalue weighted by molar-refractivity contribution is 9.10. The Bertz CT molecular complexity index is 386. The number of thioether (sulfide) groups is 1. The van der Waals surface area contributed by atoms with Crippen molar-refractivity contribution in [3.05, 3.63) is 28.7 Å². The number of hydrogen-bond donors (Lipinski definition) is 1. The summed E-state index contributed by atoms with van der Waals surface area (Å²) in [5.41, 5.74) is 1.04. The predicted molar refractivity (Wildman–Crippen MR) is 70.3 cm³/mol. The van der Waals surface area contributed by atoms with Gasteiger partial charge in [0.1, 0.15) is 5.84 Å². The van der Waals surface area contributed by atoms with Crippen LogP contribution in [0.3, 0.4) is 0 Å². The van der Waals surface area contributed by atoms with Crippen LogP contribution in [0, 0.1) is 0 Å². The molecular weight excluding hydrogens is 280 g/mol. The zero-order valence-corrected chi connectivity index (χ0v) is 10.4. The van der Waals surface area contributed by atoms with E-state index in [1.165, 1.54) is 0 Å². The Kier molecular flexibility index (Phi) is 3.20. The number of nitrogens with zero attached hydrogens (tertiary/aromatic N) is 1. The second-order valence-corrected chi connectivity index (χ2v) is 5.27. The van der Waals surface area contributed by atoms with Crippen LogP contribution in [0.2, 0.25) is 0 Å². The van der Waals surface area contributed by atoms with Crippen molar-refractivity contribution in [2.75, 3.05) is 11.1 Å². The molecule has 0 aliphatic carbocycles. The molecule has 1 aliphatic rings. The molecule has 0 amide bonds. The number of amidine groups is 1. The topological polar surface area (TPSA) is 24.4 Å². The van der Waals surface area contributed by atoms with Gasteiger partial charge in [-0.2, -0.15) is 0 Å². The van der Waals surface area contributed by atoms with Crippen LogP contribution in [0.15, 0.2) is 33.7 Å². The molecule has 0 saturated carbocycles. The summed E-state index contributed by atoms with van der Waals surface area (Å²) in [7, 11) is 0. The molecule has 2 nitrogen and oxygen atoms in total. The van der Waals surface area contributed by atoms with Crippen molar-refractivity contribution < 1.29 is 0 Å². The molecule has 14 heavy (non-hydrogen) atoms. The van der Waals surface area contributed by atoms with Crippen molar-refractivity contribution in [1.29, 1.82) is 0 Å². The number of halogens is 1. The molecule has 0 unspecified atom stereocenters. The molecule has 1 aliphatic heterocycles. The van der Waals surface area contributed by atoms with Crippen LogP contribution < -0.4 is 5.32 Å². The first-order chi connectivity index (χ1) is 6.74. The van der Waals surface area contributed by atoms with Crippen LogP contribution >= 0.6 is 39.9 Å². The van der Waals surface area contributed by atoms with Crippen molar-refractivity contribution in [2.24, 2.45) is 4.99 Å². The SMILES string of the molecule is S=C1N=C(Nc2ccc(Br)cc2)CS1. The highest BCUT2D eigenvalue weighted by Crippen LogP contribution is 2.18. The summed E-state index contributed by atoms with van der Waals surface area (Å²) < 4.78 is 1.78. The normalized spacial score (nSPS) is 15.5. The molecular formula is C9H7BrN2S2. The van der Waals surface area contributed by atoms with Gasteiger partial charge in [-0.25, -0.2) is 4.99 Å². The van der Waals surface area contributed by atoms with E-state index >= 15 is 0 Å². The first-order valence-corrected chi connectivity index (χ1v) is 6.19. The van der Waals surface area contributed by atoms with Gasteiger partial charge in [0.05, 0.1) is 5.75 Å². The van der Waals surface area contributed by atoms with Crippen LogP contribution in [-0.2, 0) is 0 Å². The third-order valence-corrected chi connectivity index (χ3v) is 3.42. The molecule has 0 radical (unpaired) electrons. The van der Waals surface area contributed by atoms with E-state index in [0.717, 1.165) is 21.7 Å². The highest BCUT2D eigenvalue weighted by atomic mass is 79.9. The summed E-state index contributed by atoms with van der Waals surface area (Å²) in [6.07, 6.45) is 0. The summed E-state index contributed by atoms with van der Waals surface area (Å²) in [4.78, 5) is 4.19. The highest BCUT2D eigenvalue weighted by Gasteiger charge is 2.10. The number of anilines is 1. The first-order valence-electron chi connectivity index (χ1n) is 4.01. The molecule has 0 atom stereocenters. The fourth-order valence-electron chi connectivity index (χ4n) is 1.07. The lowest BCUT2D eigenvalue weighted by atomic mass is 10.3. The standard InChI is InChI=1S/C9H7BrN2S2/c10-6-1-3-7(4-2-6)11-8-5-14-9(13)12-8/h1-4H,5H2,(H,11,12,13). The molecule has 0 aromatic heterocycles. The summed E-state index contributed by atoms with van der Waals surface area (Å²) in [6.45, 7) is 0. The lowest BCUT2D eigenvalue weighted by molar-refractivity contribution is 1.57. The maximum absolute atomic E-state index is 4.96. The van der Waals surface area contributed by atoms with Crippen molar-refractivity contribution in [3.63, 3.8) is 0 Å². The number of rotatable bonds is 1. The third-order valence-electron chi connectivity index (χ3n) is 1.69. The number of thiocarbonyl (C=S) groups is 1. The van der Waals surface area contributed by atoms with Crippen LogP contribution in [0.1, 0.15) is 0 Å². The zero-order valence-electron chi connectivity index (χ0n) is 7.16. The summed E-state index contributed by atoms with van der Waals surface area (Å²) in [5.74, 6) is 1.77. The van der Waals surface area contributed by atoms with Crippen molar-refractivity contribution in [3.8, 4) is 0 Å². The molecule has 1 N–H and O–H groups in total. The van der Waals surface area contributed by atoms with Crippen molar-refractivity contribution in [2.45, 2.75) is 0 Å². The quantitative estimate of drug-likeness (QED) is 0.802. The number of hydrogen-bond acceptors (Lipinski definition) is 3. The number of aliphatic imine (C=N–C) groups is 1. The largest absolute Gasteiger partial charge is 0.343 e. The molecule has 0 spiro atoms. The summed E-state index contributed by atoms with van der Waals surface area (Å²) in [6, 6.07) is 7.98. The van der Waals surface area contributed by atoms with E-state index < -0.39 is 0 Å². The van der Waals surface area contributed by atoms with Gasteiger partial charge in [-0.1, -0.05) is 39.9 Å². The monoisotopic (exact) mass is 286 g/mol. The van der Waals surface area contributed by atoms with Gasteiger partial charge < -0.3 is 5.32 Å². The van der Waals surface area contributed by atoms with E-state index in [-0.39, 0.29) is 0 Å². The average Bonchev–Trinajstić information content (AvgIpc) is 2.56. The van der Waals surface area contributed by atoms with Crippen LogP contribution in [0.5, 0.6) is 0 Å². The van der Waals surface area contributed by atoms with Crippen molar-refractivity contribution in [1.82, 2.24) is 0 Å². The van der Waals surface area contributed by atoms with Gasteiger partial charge in [0, 0.05) is 10.2 Å². The molecule has 0 saturated heterocycles. The minimum atomic E-state index is 0.713. The molecule has 2 rings (SSSR count). The lowest BCUT2D eigenvalue weighted by Crippen LogP contribution is -2.11. The van der Waals surface area contributed by atoms with Gasteiger partial charge >= 0.3 is 0 Å². The van der Waals surface area contributed by atoms with Crippen LogP contribution in [0.4, 0.5) is 5.69 Å². The molecule has 1 aromatic rings. The smallest absolute Gasteiger partial charge is 0.162 e. The van der Waals surface area contributed by atoms with Gasteiger partial charge in [-0.05, 0) is 24.3 Å². The van der Waals surface area contributed by atoms with E-state index in [0.29, 0.717) is 4.32 Å². The molecule has 1 heterocycles. The molecule has 0 bridgehead atoms. The Morgan fingerprint density at radius 2 is 2.07 bits per heavy atom. The Hall–Kier alpha value is -0.390. The summed E-state index contributed by atoms with van der Waals surface area (Å²) >= 11 is 9.93. The van der Waals surface area contributed by atoms with E-state index in [1.807, 2.05) is 24.3 Å². The fourth-order valence-corrected chi connectivity index (χ4v) is 2.19. The molecule has 0 fully saturated rings. The fraction of sp³-hybridized carbons (Fsp3) is 0.111. The second kappa shape index (κ2) is 4.42. The van der Waals surface area contributed by atoms with E-state index in [2.05, 4.69) is 26.2 Å². The lowest BCUT2D eigenvalue weighted by Gasteiger charge is -2.03. The van der Waals surface area contributed by atoms with Gasteiger partial charge in [0.2, 0.25) is 0 Å². The maximum Gasteiger partial charge on any atom is 0.162 e. The molecule has 5 heteroatoms. The van der Waals surface area contributed by atoms with E-state index in [9.17, 15) is 0 Å². The van der Waals surface area contributed by atoms with Gasteiger partial charge in [-0.15, -0.1) is 0 Å². The minimum absolute atomic E-state index is 0.713. The van der Waals surface area contributed by atoms with Gasteiger partial charge in [0.15, 0.2) is 4.32 Å². The second-order valence-electron chi connectivity index (χ2n) is 2.74. The molecule has 1 aromatic carbocycles. The Morgan fingerprint density at radius 1 is 1.36 bits per heavy atom. The summed E-state index contributed by atoms with van der Waals surface area (Å²) in [5, 5.41) is 3.22. The van der Waals surface area contributed by atoms with Crippen LogP contribution in [-0.4, -0.2) is 15.9 Å². The average molecular weight is 287 g/mol. The number of benzene rings is 1. The molecule has 72 valence electrons.